The van der Waals surface area contributed by atoms with Gasteiger partial charge in [0.2, 0.25) is 0 Å². The molecule has 0 aromatic carbocycles. The maximum Gasteiger partial charge on any atom is 0.0671 e. The first kappa shape index (κ1) is 14.9. The van der Waals surface area contributed by atoms with Crippen LogP contribution in [0.1, 0.15) is 53.4 Å². The second-order valence-corrected chi connectivity index (χ2v) is 4.78. The predicted molar refractivity (Wildman–Crippen MR) is 67.3 cm³/mol. The van der Waals surface area contributed by atoms with Crippen LogP contribution in [-0.4, -0.2) is 25.8 Å². The summed E-state index contributed by atoms with van der Waals surface area (Å²) < 4.78 is 5.70. The van der Waals surface area contributed by atoms with Crippen LogP contribution in [0.25, 0.3) is 0 Å². The largest absolute Gasteiger partial charge is 0.377 e. The lowest BCUT2D eigenvalue weighted by atomic mass is 10.1. The monoisotopic (exact) mass is 215 g/mol. The van der Waals surface area contributed by atoms with E-state index >= 15 is 0 Å². The first-order valence-corrected chi connectivity index (χ1v) is 6.49. The van der Waals surface area contributed by atoms with E-state index in [0.717, 1.165) is 25.6 Å². The Kier molecular flexibility index (Phi) is 10.4. The summed E-state index contributed by atoms with van der Waals surface area (Å²) in [6.45, 7) is 11.9. The minimum Gasteiger partial charge on any atom is -0.377 e. The van der Waals surface area contributed by atoms with Crippen molar-refractivity contribution in [1.29, 1.82) is 0 Å². The second-order valence-electron chi connectivity index (χ2n) is 4.78. The fourth-order valence-corrected chi connectivity index (χ4v) is 1.37. The smallest absolute Gasteiger partial charge is 0.0671 e. The van der Waals surface area contributed by atoms with Crippen LogP contribution >= 0.6 is 0 Å². The number of unbranched alkanes of at least 4 members (excludes halogenated alkanes) is 2. The molecule has 0 spiro atoms. The van der Waals surface area contributed by atoms with Crippen LogP contribution in [0, 0.1) is 5.92 Å². The van der Waals surface area contributed by atoms with Crippen LogP contribution in [0.2, 0.25) is 0 Å². The molecule has 0 aliphatic carbocycles. The standard InChI is InChI=1S/C13H29NO/c1-5-6-7-9-14-11-13(4)15-10-8-12(2)3/h12-14H,5-11H2,1-4H3. The number of hydrogen-bond acceptors (Lipinski definition) is 2. The Balaban J connectivity index is 3.15. The molecular weight excluding hydrogens is 186 g/mol. The van der Waals surface area contributed by atoms with Crippen molar-refractivity contribution in [3.63, 3.8) is 0 Å². The lowest BCUT2D eigenvalue weighted by Crippen LogP contribution is -2.28. The van der Waals surface area contributed by atoms with Gasteiger partial charge < -0.3 is 10.1 Å². The number of rotatable bonds is 10. The predicted octanol–water partition coefficient (Wildman–Crippen LogP) is 3.22. The SMILES string of the molecule is CCCCCNCC(C)OCCC(C)C. The van der Waals surface area contributed by atoms with Crippen molar-refractivity contribution in [3.05, 3.63) is 0 Å². The van der Waals surface area contributed by atoms with Crippen molar-refractivity contribution < 1.29 is 4.74 Å². The van der Waals surface area contributed by atoms with Gasteiger partial charge in [-0.1, -0.05) is 33.6 Å². The van der Waals surface area contributed by atoms with Crippen molar-refractivity contribution in [1.82, 2.24) is 5.32 Å². The maximum absolute atomic E-state index is 5.70. The molecule has 92 valence electrons. The maximum atomic E-state index is 5.70. The minimum atomic E-state index is 0.352. The van der Waals surface area contributed by atoms with Gasteiger partial charge in [0, 0.05) is 13.2 Å². The zero-order valence-electron chi connectivity index (χ0n) is 11.0. The van der Waals surface area contributed by atoms with Crippen LogP contribution in [0.3, 0.4) is 0 Å². The summed E-state index contributed by atoms with van der Waals surface area (Å²) in [5.74, 6) is 0.745. The summed E-state index contributed by atoms with van der Waals surface area (Å²) in [4.78, 5) is 0. The molecule has 0 aromatic rings. The van der Waals surface area contributed by atoms with Gasteiger partial charge in [-0.2, -0.15) is 0 Å². The van der Waals surface area contributed by atoms with Gasteiger partial charge in [-0.05, 0) is 32.2 Å². The van der Waals surface area contributed by atoms with E-state index in [0.29, 0.717) is 6.10 Å². The molecule has 0 aliphatic heterocycles. The Morgan fingerprint density at radius 3 is 2.47 bits per heavy atom. The van der Waals surface area contributed by atoms with E-state index in [1.165, 1.54) is 25.7 Å². The van der Waals surface area contributed by atoms with Gasteiger partial charge in [-0.3, -0.25) is 0 Å². The molecule has 0 bridgehead atoms. The zero-order chi connectivity index (χ0) is 11.5. The van der Waals surface area contributed by atoms with Crippen LogP contribution in [0.5, 0.6) is 0 Å². The molecule has 1 N–H and O–H groups in total. The molecule has 0 amide bonds. The lowest BCUT2D eigenvalue weighted by Gasteiger charge is -2.14. The molecule has 0 aromatic heterocycles. The highest BCUT2D eigenvalue weighted by molar-refractivity contribution is 4.56. The molecule has 1 atom stereocenters. The van der Waals surface area contributed by atoms with Gasteiger partial charge in [0.05, 0.1) is 6.10 Å². The molecule has 1 unspecified atom stereocenters. The summed E-state index contributed by atoms with van der Waals surface area (Å²) in [5.41, 5.74) is 0. The highest BCUT2D eigenvalue weighted by Gasteiger charge is 2.01. The molecule has 2 nitrogen and oxygen atoms in total. The molecule has 0 aliphatic rings. The molecular formula is C13H29NO. The average molecular weight is 215 g/mol. The van der Waals surface area contributed by atoms with Crippen molar-refractivity contribution in [2.24, 2.45) is 5.92 Å². The fraction of sp³-hybridized carbons (Fsp3) is 1.00. The van der Waals surface area contributed by atoms with Gasteiger partial charge in [-0.25, -0.2) is 0 Å². The number of hydrogen-bond donors (Lipinski definition) is 1. The molecule has 0 heterocycles. The molecule has 0 saturated heterocycles. The summed E-state index contributed by atoms with van der Waals surface area (Å²) in [6.07, 6.45) is 5.43. The minimum absolute atomic E-state index is 0.352. The van der Waals surface area contributed by atoms with Gasteiger partial charge in [0.25, 0.3) is 0 Å². The molecule has 0 radical (unpaired) electrons. The summed E-state index contributed by atoms with van der Waals surface area (Å²) in [6, 6.07) is 0. The van der Waals surface area contributed by atoms with Crippen molar-refractivity contribution in [2.45, 2.75) is 59.5 Å². The Morgan fingerprint density at radius 2 is 1.87 bits per heavy atom. The van der Waals surface area contributed by atoms with Crippen LogP contribution < -0.4 is 5.32 Å². The first-order valence-electron chi connectivity index (χ1n) is 6.49. The molecule has 15 heavy (non-hydrogen) atoms. The molecule has 0 saturated carbocycles. The third-order valence-corrected chi connectivity index (χ3v) is 2.49. The van der Waals surface area contributed by atoms with Crippen LogP contribution in [0.4, 0.5) is 0 Å². The quantitative estimate of drug-likeness (QED) is 0.565. The Bertz CT molecular complexity index is 126. The normalized spacial score (nSPS) is 13.4. The number of nitrogens with one attached hydrogen (secondary N) is 1. The van der Waals surface area contributed by atoms with E-state index in [2.05, 4.69) is 33.0 Å². The van der Waals surface area contributed by atoms with Crippen molar-refractivity contribution >= 4 is 0 Å². The van der Waals surface area contributed by atoms with Gasteiger partial charge in [0.15, 0.2) is 0 Å². The Labute approximate surface area is 95.8 Å². The highest BCUT2D eigenvalue weighted by Crippen LogP contribution is 2.01. The summed E-state index contributed by atoms with van der Waals surface area (Å²) in [5, 5.41) is 3.43. The van der Waals surface area contributed by atoms with Gasteiger partial charge >= 0.3 is 0 Å². The molecule has 2 heteroatoms. The first-order chi connectivity index (χ1) is 7.16. The Morgan fingerprint density at radius 1 is 1.13 bits per heavy atom. The van der Waals surface area contributed by atoms with E-state index in [9.17, 15) is 0 Å². The average Bonchev–Trinajstić information content (AvgIpc) is 2.17. The lowest BCUT2D eigenvalue weighted by molar-refractivity contribution is 0.0588. The van der Waals surface area contributed by atoms with Gasteiger partial charge in [-0.15, -0.1) is 0 Å². The van der Waals surface area contributed by atoms with E-state index < -0.39 is 0 Å². The van der Waals surface area contributed by atoms with Crippen molar-refractivity contribution in [2.75, 3.05) is 19.7 Å². The number of ether oxygens (including phenoxy) is 1. The van der Waals surface area contributed by atoms with Crippen molar-refractivity contribution in [3.8, 4) is 0 Å². The van der Waals surface area contributed by atoms with E-state index in [-0.39, 0.29) is 0 Å². The fourth-order valence-electron chi connectivity index (χ4n) is 1.37. The van der Waals surface area contributed by atoms with Crippen LogP contribution in [0.15, 0.2) is 0 Å². The molecule has 0 rings (SSSR count). The Hall–Kier alpha value is -0.0800. The van der Waals surface area contributed by atoms with Crippen LogP contribution in [-0.2, 0) is 4.74 Å². The highest BCUT2D eigenvalue weighted by atomic mass is 16.5. The second kappa shape index (κ2) is 10.4. The van der Waals surface area contributed by atoms with E-state index in [4.69, 9.17) is 4.74 Å². The third kappa shape index (κ3) is 11.8. The van der Waals surface area contributed by atoms with E-state index in [1.807, 2.05) is 0 Å². The zero-order valence-corrected chi connectivity index (χ0v) is 11.0. The van der Waals surface area contributed by atoms with E-state index in [1.54, 1.807) is 0 Å². The summed E-state index contributed by atoms with van der Waals surface area (Å²) >= 11 is 0. The topological polar surface area (TPSA) is 21.3 Å². The molecule has 0 fully saturated rings. The third-order valence-electron chi connectivity index (χ3n) is 2.49. The summed E-state index contributed by atoms with van der Waals surface area (Å²) in [7, 11) is 0. The van der Waals surface area contributed by atoms with Gasteiger partial charge in [0.1, 0.15) is 0 Å².